The molecule has 19 heavy (non-hydrogen) atoms. The summed E-state index contributed by atoms with van der Waals surface area (Å²) in [6.45, 7) is 4.18. The molecule has 1 saturated heterocycles. The second kappa shape index (κ2) is 6.47. The third kappa shape index (κ3) is 3.41. The van der Waals surface area contributed by atoms with E-state index in [9.17, 15) is 4.79 Å². The van der Waals surface area contributed by atoms with Gasteiger partial charge >= 0.3 is 5.97 Å². The number of carbonyl (C=O) groups excluding carboxylic acids is 1. The van der Waals surface area contributed by atoms with Gasteiger partial charge in [-0.05, 0) is 32.9 Å². The average molecular weight is 264 g/mol. The Labute approximate surface area is 113 Å². The fourth-order valence-electron chi connectivity index (χ4n) is 2.18. The van der Waals surface area contributed by atoms with Gasteiger partial charge in [0.25, 0.3) is 0 Å². The molecule has 0 radical (unpaired) electrons. The summed E-state index contributed by atoms with van der Waals surface area (Å²) >= 11 is 0. The molecule has 6 heteroatoms. The number of rotatable bonds is 4. The van der Waals surface area contributed by atoms with Crippen LogP contribution >= 0.6 is 0 Å². The summed E-state index contributed by atoms with van der Waals surface area (Å²) in [7, 11) is 2.00. The van der Waals surface area contributed by atoms with Crippen LogP contribution in [0.2, 0.25) is 0 Å². The van der Waals surface area contributed by atoms with Gasteiger partial charge in [0.05, 0.1) is 12.2 Å². The van der Waals surface area contributed by atoms with E-state index in [2.05, 4.69) is 20.2 Å². The molecule has 0 saturated carbocycles. The third-order valence-corrected chi connectivity index (χ3v) is 3.32. The summed E-state index contributed by atoms with van der Waals surface area (Å²) in [6.07, 6.45) is 5.22. The number of aromatic nitrogens is 2. The van der Waals surface area contributed by atoms with Gasteiger partial charge < -0.3 is 15.0 Å². The molecule has 2 rings (SSSR count). The SMILES string of the molecule is CCOC(=O)c1cnc(N(C)C2CCNCC2)nc1. The molecule has 0 spiro atoms. The van der Waals surface area contributed by atoms with E-state index in [4.69, 9.17) is 4.74 Å². The molecule has 0 amide bonds. The van der Waals surface area contributed by atoms with Crippen LogP contribution in [-0.2, 0) is 4.74 Å². The summed E-state index contributed by atoms with van der Waals surface area (Å²) in [5, 5.41) is 3.33. The van der Waals surface area contributed by atoms with Gasteiger partial charge in [0.1, 0.15) is 0 Å². The van der Waals surface area contributed by atoms with Crippen molar-refractivity contribution in [1.82, 2.24) is 15.3 Å². The van der Waals surface area contributed by atoms with E-state index in [-0.39, 0.29) is 5.97 Å². The van der Waals surface area contributed by atoms with Gasteiger partial charge in [-0.15, -0.1) is 0 Å². The monoisotopic (exact) mass is 264 g/mol. The van der Waals surface area contributed by atoms with E-state index in [1.54, 1.807) is 6.92 Å². The number of hydrogen-bond acceptors (Lipinski definition) is 6. The van der Waals surface area contributed by atoms with Crippen molar-refractivity contribution in [3.8, 4) is 0 Å². The van der Waals surface area contributed by atoms with E-state index in [0.717, 1.165) is 25.9 Å². The Morgan fingerprint density at radius 1 is 1.42 bits per heavy atom. The Bertz CT molecular complexity index is 415. The Morgan fingerprint density at radius 3 is 2.63 bits per heavy atom. The van der Waals surface area contributed by atoms with E-state index in [1.807, 2.05) is 7.05 Å². The van der Waals surface area contributed by atoms with E-state index < -0.39 is 0 Å². The van der Waals surface area contributed by atoms with Crippen LogP contribution in [0.5, 0.6) is 0 Å². The van der Waals surface area contributed by atoms with Crippen LogP contribution < -0.4 is 10.2 Å². The summed E-state index contributed by atoms with van der Waals surface area (Å²) in [4.78, 5) is 22.1. The highest BCUT2D eigenvalue weighted by atomic mass is 16.5. The largest absolute Gasteiger partial charge is 0.462 e. The highest BCUT2D eigenvalue weighted by Gasteiger charge is 2.20. The van der Waals surface area contributed by atoms with Gasteiger partial charge in [0, 0.05) is 25.5 Å². The maximum atomic E-state index is 11.5. The number of nitrogens with zero attached hydrogens (tertiary/aromatic N) is 3. The molecule has 1 aromatic rings. The van der Waals surface area contributed by atoms with Crippen LogP contribution in [0.25, 0.3) is 0 Å². The van der Waals surface area contributed by atoms with Crippen molar-refractivity contribution in [2.75, 3.05) is 31.6 Å². The molecule has 104 valence electrons. The van der Waals surface area contributed by atoms with Gasteiger partial charge in [0.2, 0.25) is 5.95 Å². The van der Waals surface area contributed by atoms with Crippen LogP contribution in [0.15, 0.2) is 12.4 Å². The van der Waals surface area contributed by atoms with Crippen molar-refractivity contribution in [2.24, 2.45) is 0 Å². The normalized spacial score (nSPS) is 16.1. The predicted octanol–water partition coefficient (Wildman–Crippen LogP) is 0.841. The molecule has 2 heterocycles. The lowest BCUT2D eigenvalue weighted by atomic mass is 10.1. The first kappa shape index (κ1) is 13.7. The van der Waals surface area contributed by atoms with Crippen molar-refractivity contribution < 1.29 is 9.53 Å². The number of hydrogen-bond donors (Lipinski definition) is 1. The highest BCUT2D eigenvalue weighted by Crippen LogP contribution is 2.15. The van der Waals surface area contributed by atoms with Gasteiger partial charge in [0.15, 0.2) is 0 Å². The van der Waals surface area contributed by atoms with Crippen LogP contribution in [0.3, 0.4) is 0 Å². The average Bonchev–Trinajstić information content (AvgIpc) is 2.48. The van der Waals surface area contributed by atoms with Crippen molar-refractivity contribution in [2.45, 2.75) is 25.8 Å². The maximum absolute atomic E-state index is 11.5. The molecule has 0 unspecified atom stereocenters. The molecule has 0 aromatic carbocycles. The van der Waals surface area contributed by atoms with Crippen molar-refractivity contribution >= 4 is 11.9 Å². The minimum absolute atomic E-state index is 0.357. The standard InChI is InChI=1S/C13H20N4O2/c1-3-19-12(18)10-8-15-13(16-9-10)17(2)11-4-6-14-7-5-11/h8-9,11,14H,3-7H2,1-2H3. The number of ether oxygens (including phenoxy) is 1. The van der Waals surface area contributed by atoms with Crippen LogP contribution in [0.4, 0.5) is 5.95 Å². The van der Waals surface area contributed by atoms with Gasteiger partial charge in [-0.1, -0.05) is 0 Å². The minimum Gasteiger partial charge on any atom is -0.462 e. The number of carbonyl (C=O) groups is 1. The lowest BCUT2D eigenvalue weighted by Gasteiger charge is -2.31. The highest BCUT2D eigenvalue weighted by molar-refractivity contribution is 5.88. The number of nitrogens with one attached hydrogen (secondary N) is 1. The summed E-state index contributed by atoms with van der Waals surface area (Å²) < 4.78 is 4.90. The fraction of sp³-hybridized carbons (Fsp3) is 0.615. The molecule has 1 aliphatic heterocycles. The molecule has 1 aromatic heterocycles. The third-order valence-electron chi connectivity index (χ3n) is 3.32. The molecule has 1 fully saturated rings. The smallest absolute Gasteiger partial charge is 0.341 e. The van der Waals surface area contributed by atoms with Crippen LogP contribution in [0.1, 0.15) is 30.1 Å². The molecular formula is C13H20N4O2. The number of piperidine rings is 1. The first-order valence-electron chi connectivity index (χ1n) is 6.65. The summed E-state index contributed by atoms with van der Waals surface area (Å²) in [5.74, 6) is 0.276. The zero-order chi connectivity index (χ0) is 13.7. The quantitative estimate of drug-likeness (QED) is 0.813. The lowest BCUT2D eigenvalue weighted by molar-refractivity contribution is 0.0525. The number of anilines is 1. The van der Waals surface area contributed by atoms with Crippen molar-refractivity contribution in [3.05, 3.63) is 18.0 Å². The van der Waals surface area contributed by atoms with Crippen LogP contribution in [-0.4, -0.2) is 48.7 Å². The topological polar surface area (TPSA) is 67.3 Å². The van der Waals surface area contributed by atoms with Gasteiger partial charge in [-0.2, -0.15) is 0 Å². The fourth-order valence-corrected chi connectivity index (χ4v) is 2.18. The first-order chi connectivity index (χ1) is 9.22. The molecule has 0 bridgehead atoms. The second-order valence-corrected chi connectivity index (χ2v) is 4.58. The van der Waals surface area contributed by atoms with Crippen molar-refractivity contribution in [1.29, 1.82) is 0 Å². The second-order valence-electron chi connectivity index (χ2n) is 4.58. The minimum atomic E-state index is -0.376. The first-order valence-corrected chi connectivity index (χ1v) is 6.65. The summed E-state index contributed by atoms with van der Waals surface area (Å²) in [5.41, 5.74) is 0.393. The van der Waals surface area contributed by atoms with Gasteiger partial charge in [-0.3, -0.25) is 0 Å². The lowest BCUT2D eigenvalue weighted by Crippen LogP contribution is -2.41. The summed E-state index contributed by atoms with van der Waals surface area (Å²) in [6, 6.07) is 0.453. The molecule has 6 nitrogen and oxygen atoms in total. The maximum Gasteiger partial charge on any atom is 0.341 e. The zero-order valence-corrected chi connectivity index (χ0v) is 11.4. The van der Waals surface area contributed by atoms with E-state index in [1.165, 1.54) is 12.4 Å². The van der Waals surface area contributed by atoms with E-state index in [0.29, 0.717) is 24.2 Å². The van der Waals surface area contributed by atoms with E-state index >= 15 is 0 Å². The molecular weight excluding hydrogens is 244 g/mol. The Hall–Kier alpha value is -1.69. The molecule has 1 N–H and O–H groups in total. The molecule has 0 aliphatic carbocycles. The number of esters is 1. The Morgan fingerprint density at radius 2 is 2.05 bits per heavy atom. The predicted molar refractivity (Wildman–Crippen MR) is 72.3 cm³/mol. The van der Waals surface area contributed by atoms with Crippen LogP contribution in [0, 0.1) is 0 Å². The van der Waals surface area contributed by atoms with Crippen molar-refractivity contribution in [3.63, 3.8) is 0 Å². The Balaban J connectivity index is 2.02. The van der Waals surface area contributed by atoms with Gasteiger partial charge in [-0.25, -0.2) is 14.8 Å². The molecule has 1 aliphatic rings. The zero-order valence-electron chi connectivity index (χ0n) is 11.4. The molecule has 0 atom stereocenters. The Kier molecular flexibility index (Phi) is 4.68.